The summed E-state index contributed by atoms with van der Waals surface area (Å²) in [6.45, 7) is 20.9. The zero-order valence-corrected chi connectivity index (χ0v) is 32.2. The fraction of sp³-hybridized carbons (Fsp3) is 0.825. The van der Waals surface area contributed by atoms with Crippen molar-refractivity contribution in [1.82, 2.24) is 0 Å². The van der Waals surface area contributed by atoms with Crippen LogP contribution in [0.4, 0.5) is 0 Å². The van der Waals surface area contributed by atoms with Crippen molar-refractivity contribution in [2.45, 2.75) is 146 Å². The summed E-state index contributed by atoms with van der Waals surface area (Å²) in [4.78, 5) is 62.4. The summed E-state index contributed by atoms with van der Waals surface area (Å²) >= 11 is 0. The van der Waals surface area contributed by atoms with Crippen LogP contribution < -0.4 is 0 Å². The maximum Gasteiger partial charge on any atom is 0.302 e. The van der Waals surface area contributed by atoms with E-state index in [0.29, 0.717) is 19.3 Å². The predicted molar refractivity (Wildman–Crippen MR) is 184 cm³/mol. The molecule has 280 valence electrons. The molecule has 0 aromatic rings. The Morgan fingerprint density at radius 1 is 0.640 bits per heavy atom. The fourth-order valence-electron chi connectivity index (χ4n) is 12.4. The van der Waals surface area contributed by atoms with E-state index < -0.39 is 46.4 Å². The second-order valence-corrected chi connectivity index (χ2v) is 18.1. The van der Waals surface area contributed by atoms with Gasteiger partial charge in [-0.2, -0.15) is 0 Å². The first kappa shape index (κ1) is 38.3. The normalized spacial score (nSPS) is 42.9. The summed E-state index contributed by atoms with van der Waals surface area (Å²) in [7, 11) is 0. The van der Waals surface area contributed by atoms with Crippen LogP contribution in [0.2, 0.25) is 0 Å². The number of carbonyl (C=O) groups is 5. The molecule has 4 fully saturated rings. The van der Waals surface area contributed by atoms with Crippen molar-refractivity contribution in [2.24, 2.45) is 50.2 Å². The van der Waals surface area contributed by atoms with E-state index in [0.717, 1.165) is 32.1 Å². The lowest BCUT2D eigenvalue weighted by Gasteiger charge is -2.72. The summed E-state index contributed by atoms with van der Waals surface area (Å²) in [6, 6.07) is 0. The zero-order valence-electron chi connectivity index (χ0n) is 32.2. The van der Waals surface area contributed by atoms with Crippen molar-refractivity contribution < 1.29 is 47.7 Å². The van der Waals surface area contributed by atoms with E-state index in [1.807, 2.05) is 0 Å². The maximum absolute atomic E-state index is 13.0. The average molecular weight is 701 g/mol. The third-order valence-electron chi connectivity index (χ3n) is 14.6. The molecule has 0 aromatic carbocycles. The highest BCUT2D eigenvalue weighted by Crippen LogP contribution is 2.76. The highest BCUT2D eigenvalue weighted by atomic mass is 16.6. The molecule has 10 nitrogen and oxygen atoms in total. The number of hydrogen-bond acceptors (Lipinski definition) is 10. The number of hydrogen-bond donors (Lipinski definition) is 0. The van der Waals surface area contributed by atoms with Gasteiger partial charge in [-0.15, -0.1) is 0 Å². The summed E-state index contributed by atoms with van der Waals surface area (Å²) in [5, 5.41) is 0. The Labute approximate surface area is 298 Å². The van der Waals surface area contributed by atoms with Gasteiger partial charge in [-0.1, -0.05) is 53.2 Å². The zero-order chi connectivity index (χ0) is 37.2. The number of esters is 5. The molecule has 0 spiro atoms. The molecule has 11 atom stereocenters. The number of ether oxygens (including phenoxy) is 5. The predicted octanol–water partition coefficient (Wildman–Crippen LogP) is 6.91. The van der Waals surface area contributed by atoms with Gasteiger partial charge in [0.05, 0.1) is 5.41 Å². The Balaban J connectivity index is 1.66. The summed E-state index contributed by atoms with van der Waals surface area (Å²) in [5.41, 5.74) is -1.22. The molecule has 0 bridgehead atoms. The van der Waals surface area contributed by atoms with Gasteiger partial charge in [-0.3, -0.25) is 24.0 Å². The molecule has 0 aliphatic heterocycles. The first-order chi connectivity index (χ1) is 23.1. The lowest BCUT2D eigenvalue weighted by Crippen LogP contribution is -2.70. The van der Waals surface area contributed by atoms with Gasteiger partial charge in [0.25, 0.3) is 0 Å². The molecule has 0 saturated heterocycles. The van der Waals surface area contributed by atoms with Crippen LogP contribution in [0.1, 0.15) is 128 Å². The molecule has 0 unspecified atom stereocenters. The van der Waals surface area contributed by atoms with Crippen molar-refractivity contribution >= 4 is 29.8 Å². The van der Waals surface area contributed by atoms with E-state index in [1.165, 1.54) is 40.2 Å². The first-order valence-electron chi connectivity index (χ1n) is 18.5. The standard InChI is InChI=1S/C40H60O10/c1-23(41)46-21-37(9)30-14-17-38(10)31(36(30,8)16-15-32(37)48-25(3)43)13-12-28-29-18-35(6,7)19-33(49-26(4)44)40(29,22-47-24(2)42)34(50-27(5)45)20-39(28,38)11/h12,29-34H,13-22H2,1-11H3/t29-,30+,31+,32-,33-,34+,36-,37-,38+,39+,40+/m0/s1. The molecule has 5 aliphatic rings. The number of carbonyl (C=O) groups excluding carboxylic acids is 5. The third kappa shape index (κ3) is 6.08. The van der Waals surface area contributed by atoms with Crippen molar-refractivity contribution in [3.8, 4) is 0 Å². The minimum Gasteiger partial charge on any atom is -0.465 e. The molecule has 10 heteroatoms. The lowest BCUT2D eigenvalue weighted by molar-refractivity contribution is -0.251. The molecule has 0 amide bonds. The molecule has 0 N–H and O–H groups in total. The molecule has 0 aromatic heterocycles. The molecule has 0 radical (unpaired) electrons. The molecular weight excluding hydrogens is 640 g/mol. The number of rotatable bonds is 7. The van der Waals surface area contributed by atoms with Crippen molar-refractivity contribution in [1.29, 1.82) is 0 Å². The van der Waals surface area contributed by atoms with Crippen LogP contribution in [0.15, 0.2) is 11.6 Å². The summed E-state index contributed by atoms with van der Waals surface area (Å²) < 4.78 is 30.0. The number of allylic oxidation sites excluding steroid dienone is 2. The van der Waals surface area contributed by atoms with E-state index in [2.05, 4.69) is 47.6 Å². The monoisotopic (exact) mass is 700 g/mol. The van der Waals surface area contributed by atoms with Gasteiger partial charge in [0.2, 0.25) is 0 Å². The minimum absolute atomic E-state index is 0.0155. The van der Waals surface area contributed by atoms with Gasteiger partial charge in [0.1, 0.15) is 31.5 Å². The quantitative estimate of drug-likeness (QED) is 0.157. The molecular formula is C40H60O10. The smallest absolute Gasteiger partial charge is 0.302 e. The van der Waals surface area contributed by atoms with Crippen LogP contribution >= 0.6 is 0 Å². The van der Waals surface area contributed by atoms with E-state index in [-0.39, 0.29) is 65.3 Å². The van der Waals surface area contributed by atoms with Gasteiger partial charge in [-0.25, -0.2) is 0 Å². The van der Waals surface area contributed by atoms with Crippen LogP contribution in [0, 0.1) is 50.2 Å². The maximum atomic E-state index is 13.0. The van der Waals surface area contributed by atoms with Gasteiger partial charge in [0.15, 0.2) is 0 Å². The average Bonchev–Trinajstić information content (AvgIpc) is 2.96. The van der Waals surface area contributed by atoms with E-state index >= 15 is 0 Å². The van der Waals surface area contributed by atoms with Crippen molar-refractivity contribution in [3.05, 3.63) is 11.6 Å². The lowest BCUT2D eigenvalue weighted by atomic mass is 9.33. The summed E-state index contributed by atoms with van der Waals surface area (Å²) in [6.07, 6.45) is 6.67. The highest BCUT2D eigenvalue weighted by molar-refractivity contribution is 5.68. The van der Waals surface area contributed by atoms with E-state index in [1.54, 1.807) is 0 Å². The molecule has 5 rings (SSSR count). The molecule has 50 heavy (non-hydrogen) atoms. The summed E-state index contributed by atoms with van der Waals surface area (Å²) in [5.74, 6) is -1.76. The first-order valence-corrected chi connectivity index (χ1v) is 18.5. The Morgan fingerprint density at radius 3 is 1.74 bits per heavy atom. The second-order valence-electron chi connectivity index (χ2n) is 18.1. The van der Waals surface area contributed by atoms with Crippen LogP contribution in [0.5, 0.6) is 0 Å². The second kappa shape index (κ2) is 12.9. The topological polar surface area (TPSA) is 132 Å². The van der Waals surface area contributed by atoms with Crippen LogP contribution in [-0.4, -0.2) is 61.4 Å². The Bertz CT molecular complexity index is 1450. The Morgan fingerprint density at radius 2 is 1.18 bits per heavy atom. The van der Waals surface area contributed by atoms with Gasteiger partial charge >= 0.3 is 29.8 Å². The molecule has 5 aliphatic carbocycles. The van der Waals surface area contributed by atoms with E-state index in [9.17, 15) is 24.0 Å². The Hall–Kier alpha value is -2.91. The molecule has 4 saturated carbocycles. The highest BCUT2D eigenvalue weighted by Gasteiger charge is 2.73. The van der Waals surface area contributed by atoms with E-state index in [4.69, 9.17) is 23.7 Å². The van der Waals surface area contributed by atoms with Gasteiger partial charge in [-0.05, 0) is 90.8 Å². The molecule has 0 heterocycles. The van der Waals surface area contributed by atoms with Crippen molar-refractivity contribution in [3.63, 3.8) is 0 Å². The SMILES string of the molecule is CC(=O)OC[C@@]1(C)[C@@H]2CC[C@]3(C)[C@H](CC=C4[C@@H]5CC(C)(C)C[C@H](OC(C)=O)[C@]5(COC(C)=O)[C@H](OC(C)=O)C[C@]43C)[C@@]2(C)CC[C@@H]1OC(C)=O. The fourth-order valence-corrected chi connectivity index (χ4v) is 12.4. The van der Waals surface area contributed by atoms with Crippen LogP contribution in [-0.2, 0) is 47.7 Å². The van der Waals surface area contributed by atoms with Crippen molar-refractivity contribution in [2.75, 3.05) is 13.2 Å². The third-order valence-corrected chi connectivity index (χ3v) is 14.6. The van der Waals surface area contributed by atoms with Gasteiger partial charge < -0.3 is 23.7 Å². The number of fused-ring (bicyclic) bond motifs is 7. The van der Waals surface area contributed by atoms with Crippen LogP contribution in [0.25, 0.3) is 0 Å². The van der Waals surface area contributed by atoms with Crippen LogP contribution in [0.3, 0.4) is 0 Å². The van der Waals surface area contributed by atoms with Gasteiger partial charge in [0, 0.05) is 40.0 Å². The minimum atomic E-state index is -0.946. The Kier molecular flexibility index (Phi) is 9.92. The largest absolute Gasteiger partial charge is 0.465 e.